The summed E-state index contributed by atoms with van der Waals surface area (Å²) in [6.07, 6.45) is 1.55. The summed E-state index contributed by atoms with van der Waals surface area (Å²) in [5.74, 6) is -0.00576. The lowest BCUT2D eigenvalue weighted by Crippen LogP contribution is -2.23. The van der Waals surface area contributed by atoms with Crippen LogP contribution in [0.3, 0.4) is 0 Å². The lowest BCUT2D eigenvalue weighted by molar-refractivity contribution is 0.0728. The molecule has 0 heterocycles. The van der Waals surface area contributed by atoms with Crippen LogP contribution in [0.5, 0.6) is 11.5 Å². The van der Waals surface area contributed by atoms with Gasteiger partial charge in [-0.2, -0.15) is 5.10 Å². The molecule has 0 aliphatic carbocycles. The third-order valence-electron chi connectivity index (χ3n) is 4.08. The van der Waals surface area contributed by atoms with Crippen molar-refractivity contribution in [1.29, 1.82) is 0 Å². The molecular formula is C23H18Cl3N3O3S. The number of hydrogen-bond donors (Lipinski definition) is 2. The Hall–Kier alpha value is -2.84. The van der Waals surface area contributed by atoms with E-state index in [9.17, 15) is 4.79 Å². The van der Waals surface area contributed by atoms with Crippen molar-refractivity contribution in [3.63, 3.8) is 0 Å². The van der Waals surface area contributed by atoms with Crippen molar-refractivity contribution < 1.29 is 14.3 Å². The highest BCUT2D eigenvalue weighted by Crippen LogP contribution is 2.30. The first kappa shape index (κ1) is 24.8. The molecule has 0 aromatic heterocycles. The number of thiocarbonyl (C=S) groups is 1. The maximum atomic E-state index is 12.5. The van der Waals surface area contributed by atoms with Crippen LogP contribution < -0.4 is 20.2 Å². The van der Waals surface area contributed by atoms with Gasteiger partial charge in [0.2, 0.25) is 0 Å². The van der Waals surface area contributed by atoms with Crippen molar-refractivity contribution >= 4 is 70.0 Å². The van der Waals surface area contributed by atoms with Gasteiger partial charge < -0.3 is 14.8 Å². The zero-order chi connectivity index (χ0) is 23.8. The number of hydrazone groups is 1. The van der Waals surface area contributed by atoms with E-state index in [0.29, 0.717) is 33.1 Å². The summed E-state index contributed by atoms with van der Waals surface area (Å²) in [4.78, 5) is 12.5. The average molecular weight is 523 g/mol. The number of carbonyl (C=O) groups is 1. The number of nitrogens with one attached hydrogen (secondary N) is 2. The van der Waals surface area contributed by atoms with Crippen molar-refractivity contribution in [2.45, 2.75) is 6.92 Å². The second-order valence-electron chi connectivity index (χ2n) is 6.49. The van der Waals surface area contributed by atoms with Crippen LogP contribution in [0.25, 0.3) is 0 Å². The molecule has 0 fully saturated rings. The molecule has 0 bridgehead atoms. The van der Waals surface area contributed by atoms with E-state index < -0.39 is 5.97 Å². The first-order chi connectivity index (χ1) is 15.9. The van der Waals surface area contributed by atoms with E-state index in [-0.39, 0.29) is 16.3 Å². The van der Waals surface area contributed by atoms with Crippen LogP contribution in [0.15, 0.2) is 65.8 Å². The zero-order valence-electron chi connectivity index (χ0n) is 17.3. The molecule has 0 atom stereocenters. The maximum absolute atomic E-state index is 12.5. The van der Waals surface area contributed by atoms with E-state index in [1.807, 2.05) is 13.0 Å². The summed E-state index contributed by atoms with van der Waals surface area (Å²) in [6.45, 7) is 2.20. The average Bonchev–Trinajstić information content (AvgIpc) is 2.75. The fraction of sp³-hybridized carbons (Fsp3) is 0.0870. The summed E-state index contributed by atoms with van der Waals surface area (Å²) >= 11 is 23.2. The molecule has 0 spiro atoms. The maximum Gasteiger partial charge on any atom is 0.345 e. The van der Waals surface area contributed by atoms with Gasteiger partial charge in [-0.1, -0.05) is 40.9 Å². The minimum absolute atomic E-state index is 0.194. The number of hydrogen-bond acceptors (Lipinski definition) is 5. The van der Waals surface area contributed by atoms with E-state index in [2.05, 4.69) is 15.8 Å². The Morgan fingerprint density at radius 2 is 1.82 bits per heavy atom. The molecule has 3 aromatic rings. The molecule has 10 heteroatoms. The Labute approximate surface area is 211 Å². The largest absolute Gasteiger partial charge is 0.490 e. The standard InChI is InChI=1S/C23H18Cl3N3O3S/c1-2-31-21-10-14(13-27-29-23(33)28-17-5-3-4-15(24)11-17)6-9-20(21)32-22(30)18-8-7-16(25)12-19(18)26/h3-13H,2H2,1H3,(H2,28,29,33)/b27-13+. The molecule has 170 valence electrons. The fourth-order valence-electron chi connectivity index (χ4n) is 2.66. The van der Waals surface area contributed by atoms with Gasteiger partial charge in [-0.25, -0.2) is 4.79 Å². The zero-order valence-corrected chi connectivity index (χ0v) is 20.4. The Kier molecular flexibility index (Phi) is 8.91. The van der Waals surface area contributed by atoms with Crippen LogP contribution in [0, 0.1) is 0 Å². The van der Waals surface area contributed by atoms with Crippen molar-refractivity contribution in [2.24, 2.45) is 5.10 Å². The SMILES string of the molecule is CCOc1cc(/C=N/NC(=S)Nc2cccc(Cl)c2)ccc1OC(=O)c1ccc(Cl)cc1Cl. The van der Waals surface area contributed by atoms with Crippen molar-refractivity contribution in [3.05, 3.63) is 86.9 Å². The van der Waals surface area contributed by atoms with Crippen LogP contribution in [0.1, 0.15) is 22.8 Å². The second kappa shape index (κ2) is 11.9. The van der Waals surface area contributed by atoms with Crippen LogP contribution in [0.4, 0.5) is 5.69 Å². The van der Waals surface area contributed by atoms with Crippen molar-refractivity contribution in [1.82, 2.24) is 5.43 Å². The number of anilines is 1. The van der Waals surface area contributed by atoms with Crippen LogP contribution in [-0.2, 0) is 0 Å². The van der Waals surface area contributed by atoms with Gasteiger partial charge in [-0.15, -0.1) is 0 Å². The molecule has 0 aliphatic rings. The van der Waals surface area contributed by atoms with Gasteiger partial charge in [-0.05, 0) is 79.3 Å². The van der Waals surface area contributed by atoms with Gasteiger partial charge in [0, 0.05) is 15.7 Å². The number of rotatable bonds is 7. The molecule has 2 N–H and O–H groups in total. The molecule has 3 rings (SSSR count). The van der Waals surface area contributed by atoms with Gasteiger partial charge in [0.15, 0.2) is 16.6 Å². The summed E-state index contributed by atoms with van der Waals surface area (Å²) < 4.78 is 11.1. The van der Waals surface area contributed by atoms with E-state index in [4.69, 9.17) is 56.5 Å². The topological polar surface area (TPSA) is 71.9 Å². The molecule has 0 unspecified atom stereocenters. The molecule has 33 heavy (non-hydrogen) atoms. The summed E-state index contributed by atoms with van der Waals surface area (Å²) in [5.41, 5.74) is 4.35. The Balaban J connectivity index is 1.67. The van der Waals surface area contributed by atoms with Crippen LogP contribution >= 0.6 is 47.0 Å². The highest BCUT2D eigenvalue weighted by atomic mass is 35.5. The lowest BCUT2D eigenvalue weighted by atomic mass is 10.2. The molecule has 0 aliphatic heterocycles. The minimum Gasteiger partial charge on any atom is -0.490 e. The smallest absolute Gasteiger partial charge is 0.345 e. The Morgan fingerprint density at radius 3 is 2.55 bits per heavy atom. The summed E-state index contributed by atoms with van der Waals surface area (Å²) in [6, 6.07) is 16.7. The van der Waals surface area contributed by atoms with Gasteiger partial charge >= 0.3 is 5.97 Å². The van der Waals surface area contributed by atoms with E-state index in [1.165, 1.54) is 12.1 Å². The van der Waals surface area contributed by atoms with Crippen LogP contribution in [-0.4, -0.2) is 23.9 Å². The number of carbonyl (C=O) groups excluding carboxylic acids is 1. The lowest BCUT2D eigenvalue weighted by Gasteiger charge is -2.12. The second-order valence-corrected chi connectivity index (χ2v) is 8.18. The Bertz CT molecular complexity index is 1200. The van der Waals surface area contributed by atoms with Crippen molar-refractivity contribution in [2.75, 3.05) is 11.9 Å². The minimum atomic E-state index is -0.627. The Morgan fingerprint density at radius 1 is 1.03 bits per heavy atom. The highest BCUT2D eigenvalue weighted by molar-refractivity contribution is 7.80. The molecular weight excluding hydrogens is 505 g/mol. The molecule has 0 saturated heterocycles. The first-order valence-corrected chi connectivity index (χ1v) is 11.2. The van der Waals surface area contributed by atoms with Crippen LogP contribution in [0.2, 0.25) is 15.1 Å². The molecule has 3 aromatic carbocycles. The predicted molar refractivity (Wildman–Crippen MR) is 137 cm³/mol. The van der Waals surface area contributed by atoms with Gasteiger partial charge in [0.1, 0.15) is 0 Å². The highest BCUT2D eigenvalue weighted by Gasteiger charge is 2.16. The van der Waals surface area contributed by atoms with E-state index in [1.54, 1.807) is 48.7 Å². The number of ether oxygens (including phenoxy) is 2. The third kappa shape index (κ3) is 7.33. The fourth-order valence-corrected chi connectivity index (χ4v) is 3.50. The summed E-state index contributed by atoms with van der Waals surface area (Å²) in [5, 5.41) is 8.60. The first-order valence-electron chi connectivity index (χ1n) is 9.65. The number of benzene rings is 3. The van der Waals surface area contributed by atoms with E-state index >= 15 is 0 Å². The molecule has 0 radical (unpaired) electrons. The third-order valence-corrected chi connectivity index (χ3v) is 5.06. The number of nitrogens with zero attached hydrogens (tertiary/aromatic N) is 1. The molecule has 6 nitrogen and oxygen atoms in total. The van der Waals surface area contributed by atoms with Gasteiger partial charge in [0.25, 0.3) is 0 Å². The quantitative estimate of drug-likeness (QED) is 0.120. The van der Waals surface area contributed by atoms with Gasteiger partial charge in [-0.3, -0.25) is 5.43 Å². The van der Waals surface area contributed by atoms with E-state index in [0.717, 1.165) is 5.69 Å². The predicted octanol–water partition coefficient (Wildman–Crippen LogP) is 6.59. The molecule has 0 amide bonds. The normalized spacial score (nSPS) is 10.7. The number of halogens is 3. The monoisotopic (exact) mass is 521 g/mol. The number of esters is 1. The summed E-state index contributed by atoms with van der Waals surface area (Å²) in [7, 11) is 0. The van der Waals surface area contributed by atoms with Gasteiger partial charge in [0.05, 0.1) is 23.4 Å². The molecule has 0 saturated carbocycles. The van der Waals surface area contributed by atoms with Crippen molar-refractivity contribution in [3.8, 4) is 11.5 Å².